The van der Waals surface area contributed by atoms with E-state index in [1.165, 1.54) is 16.7 Å². The number of fused-ring (bicyclic) bond motifs is 1. The van der Waals surface area contributed by atoms with Crippen molar-refractivity contribution in [2.75, 3.05) is 39.6 Å². The highest BCUT2D eigenvalue weighted by atomic mass is 32.2. The van der Waals surface area contributed by atoms with E-state index in [2.05, 4.69) is 0 Å². The van der Waals surface area contributed by atoms with Crippen molar-refractivity contribution < 1.29 is 23.8 Å². The largest absolute Gasteiger partial charge is 0.454 e. The molecule has 0 aliphatic carbocycles. The number of nitrogens with zero attached hydrogens (tertiary/aromatic N) is 2. The molecule has 3 aliphatic heterocycles. The van der Waals surface area contributed by atoms with Crippen molar-refractivity contribution in [2.45, 2.75) is 6.42 Å². The lowest BCUT2D eigenvalue weighted by Crippen LogP contribution is -2.42. The van der Waals surface area contributed by atoms with Gasteiger partial charge in [0.1, 0.15) is 4.32 Å². The molecular weight excluding hydrogens is 388 g/mol. The van der Waals surface area contributed by atoms with Crippen LogP contribution in [0.2, 0.25) is 0 Å². The average molecular weight is 406 g/mol. The number of carbonyl (C=O) groups is 2. The lowest BCUT2D eigenvalue weighted by atomic mass is 10.2. The summed E-state index contributed by atoms with van der Waals surface area (Å²) in [6.45, 7) is 2.82. The first-order valence-electron chi connectivity index (χ1n) is 8.62. The molecule has 0 spiro atoms. The van der Waals surface area contributed by atoms with Crippen LogP contribution in [0, 0.1) is 0 Å². The van der Waals surface area contributed by atoms with Gasteiger partial charge in [0.25, 0.3) is 5.91 Å². The van der Waals surface area contributed by atoms with E-state index in [9.17, 15) is 9.59 Å². The van der Waals surface area contributed by atoms with Crippen molar-refractivity contribution in [3.8, 4) is 11.5 Å². The molecule has 7 nitrogen and oxygen atoms in total. The van der Waals surface area contributed by atoms with E-state index in [4.69, 9.17) is 26.4 Å². The minimum Gasteiger partial charge on any atom is -0.454 e. The van der Waals surface area contributed by atoms with E-state index in [-0.39, 0.29) is 25.0 Å². The van der Waals surface area contributed by atoms with Gasteiger partial charge in [0, 0.05) is 26.1 Å². The summed E-state index contributed by atoms with van der Waals surface area (Å²) < 4.78 is 16.4. The predicted molar refractivity (Wildman–Crippen MR) is 104 cm³/mol. The van der Waals surface area contributed by atoms with Gasteiger partial charge in [-0.2, -0.15) is 0 Å². The molecule has 0 bridgehead atoms. The number of thiocarbonyl (C=S) groups is 1. The Hall–Kier alpha value is -2.10. The molecule has 9 heteroatoms. The third kappa shape index (κ3) is 3.95. The second-order valence-electron chi connectivity index (χ2n) is 6.19. The number of rotatable bonds is 4. The molecule has 142 valence electrons. The molecule has 0 radical (unpaired) electrons. The summed E-state index contributed by atoms with van der Waals surface area (Å²) in [4.78, 5) is 28.8. The molecule has 3 heterocycles. The van der Waals surface area contributed by atoms with E-state index in [1.54, 1.807) is 11.0 Å². The molecule has 27 heavy (non-hydrogen) atoms. The minimum absolute atomic E-state index is 0.0205. The van der Waals surface area contributed by atoms with Crippen LogP contribution in [-0.4, -0.2) is 65.6 Å². The maximum Gasteiger partial charge on any atom is 0.266 e. The number of thioether (sulfide) groups is 1. The van der Waals surface area contributed by atoms with Crippen LogP contribution in [0.3, 0.4) is 0 Å². The van der Waals surface area contributed by atoms with E-state index in [0.29, 0.717) is 53.6 Å². The predicted octanol–water partition coefficient (Wildman–Crippen LogP) is 1.87. The number of benzene rings is 1. The first-order chi connectivity index (χ1) is 13.1. The van der Waals surface area contributed by atoms with Crippen LogP contribution in [0.15, 0.2) is 23.1 Å². The van der Waals surface area contributed by atoms with Gasteiger partial charge in [-0.15, -0.1) is 0 Å². The number of carbonyl (C=O) groups excluding carboxylic acids is 2. The zero-order valence-corrected chi connectivity index (χ0v) is 16.1. The Morgan fingerprint density at radius 2 is 2.00 bits per heavy atom. The third-order valence-electron chi connectivity index (χ3n) is 4.48. The molecular formula is C18H18N2O5S2. The summed E-state index contributed by atoms with van der Waals surface area (Å²) in [6, 6.07) is 5.51. The van der Waals surface area contributed by atoms with Gasteiger partial charge in [-0.3, -0.25) is 14.5 Å². The van der Waals surface area contributed by atoms with Crippen molar-refractivity contribution >= 4 is 46.2 Å². The van der Waals surface area contributed by atoms with E-state index in [1.807, 2.05) is 18.2 Å². The van der Waals surface area contributed by atoms with Crippen molar-refractivity contribution in [2.24, 2.45) is 0 Å². The van der Waals surface area contributed by atoms with Crippen LogP contribution >= 0.6 is 24.0 Å². The SMILES string of the molecule is O=C(CCN1C(=O)C(=Cc2ccc3c(c2)OCO3)SC1=S)N1CCOCC1. The summed E-state index contributed by atoms with van der Waals surface area (Å²) >= 11 is 6.59. The fourth-order valence-electron chi connectivity index (χ4n) is 3.03. The third-order valence-corrected chi connectivity index (χ3v) is 5.86. The zero-order chi connectivity index (χ0) is 18.8. The minimum atomic E-state index is -0.169. The summed E-state index contributed by atoms with van der Waals surface area (Å²) in [7, 11) is 0. The molecule has 3 aliphatic rings. The highest BCUT2D eigenvalue weighted by Crippen LogP contribution is 2.36. The van der Waals surface area contributed by atoms with Crippen LogP contribution in [0.1, 0.15) is 12.0 Å². The van der Waals surface area contributed by atoms with Gasteiger partial charge in [0.05, 0.1) is 18.1 Å². The highest BCUT2D eigenvalue weighted by Gasteiger charge is 2.32. The Morgan fingerprint density at radius 3 is 2.81 bits per heavy atom. The maximum atomic E-state index is 12.7. The molecule has 0 N–H and O–H groups in total. The second kappa shape index (κ2) is 7.87. The molecule has 2 saturated heterocycles. The summed E-state index contributed by atoms with van der Waals surface area (Å²) in [5.74, 6) is 1.21. The lowest BCUT2D eigenvalue weighted by Gasteiger charge is -2.27. The molecule has 1 aromatic carbocycles. The van der Waals surface area contributed by atoms with Gasteiger partial charge >= 0.3 is 0 Å². The van der Waals surface area contributed by atoms with Crippen molar-refractivity contribution in [3.05, 3.63) is 28.7 Å². The molecule has 2 amide bonds. The average Bonchev–Trinajstić information content (AvgIpc) is 3.25. The van der Waals surface area contributed by atoms with Gasteiger partial charge in [0.2, 0.25) is 12.7 Å². The molecule has 1 aromatic rings. The van der Waals surface area contributed by atoms with E-state index in [0.717, 1.165) is 5.56 Å². The fourth-order valence-corrected chi connectivity index (χ4v) is 4.33. The number of amides is 2. The summed E-state index contributed by atoms with van der Waals surface area (Å²) in [5.41, 5.74) is 0.837. The molecule has 0 unspecified atom stereocenters. The van der Waals surface area contributed by atoms with Gasteiger partial charge < -0.3 is 19.1 Å². The van der Waals surface area contributed by atoms with E-state index >= 15 is 0 Å². The Kier molecular flexibility index (Phi) is 5.33. The number of morpholine rings is 1. The monoisotopic (exact) mass is 406 g/mol. The first kappa shape index (κ1) is 18.3. The Balaban J connectivity index is 1.40. The highest BCUT2D eigenvalue weighted by molar-refractivity contribution is 8.26. The van der Waals surface area contributed by atoms with Crippen LogP contribution in [0.5, 0.6) is 11.5 Å². The zero-order valence-electron chi connectivity index (χ0n) is 14.5. The number of ether oxygens (including phenoxy) is 3. The Bertz CT molecular complexity index is 820. The standard InChI is InChI=1S/C18H18N2O5S2/c21-16(19-5-7-23-8-6-19)3-4-20-17(22)15(27-18(20)26)10-12-1-2-13-14(9-12)25-11-24-13/h1-2,9-10H,3-8,11H2. The van der Waals surface area contributed by atoms with Gasteiger partial charge in [0.15, 0.2) is 11.5 Å². The number of hydrogen-bond acceptors (Lipinski definition) is 7. The maximum absolute atomic E-state index is 12.7. The Morgan fingerprint density at radius 1 is 1.22 bits per heavy atom. The van der Waals surface area contributed by atoms with Crippen molar-refractivity contribution in [1.82, 2.24) is 9.80 Å². The topological polar surface area (TPSA) is 68.3 Å². The van der Waals surface area contributed by atoms with Gasteiger partial charge in [-0.25, -0.2) is 0 Å². The number of hydrogen-bond donors (Lipinski definition) is 0. The fraction of sp³-hybridized carbons (Fsp3) is 0.389. The normalized spacial score (nSPS) is 20.7. The quantitative estimate of drug-likeness (QED) is 0.558. The first-order valence-corrected chi connectivity index (χ1v) is 9.85. The van der Waals surface area contributed by atoms with Crippen LogP contribution < -0.4 is 9.47 Å². The van der Waals surface area contributed by atoms with E-state index < -0.39 is 0 Å². The van der Waals surface area contributed by atoms with Gasteiger partial charge in [-0.1, -0.05) is 30.0 Å². The Labute approximate surface area is 166 Å². The summed E-state index contributed by atoms with van der Waals surface area (Å²) in [6.07, 6.45) is 2.04. The molecule has 0 atom stereocenters. The van der Waals surface area contributed by atoms with Crippen LogP contribution in [-0.2, 0) is 14.3 Å². The molecule has 0 aromatic heterocycles. The lowest BCUT2D eigenvalue weighted by molar-refractivity contribution is -0.135. The smallest absolute Gasteiger partial charge is 0.266 e. The summed E-state index contributed by atoms with van der Waals surface area (Å²) in [5, 5.41) is 0. The second-order valence-corrected chi connectivity index (χ2v) is 7.86. The van der Waals surface area contributed by atoms with Crippen LogP contribution in [0.25, 0.3) is 6.08 Å². The van der Waals surface area contributed by atoms with Gasteiger partial charge in [-0.05, 0) is 23.8 Å². The molecule has 0 saturated carbocycles. The van der Waals surface area contributed by atoms with Crippen LogP contribution in [0.4, 0.5) is 0 Å². The molecule has 4 rings (SSSR count). The van der Waals surface area contributed by atoms with Crippen molar-refractivity contribution in [1.29, 1.82) is 0 Å². The molecule has 2 fully saturated rings. The van der Waals surface area contributed by atoms with Crippen molar-refractivity contribution in [3.63, 3.8) is 0 Å².